The van der Waals surface area contributed by atoms with Gasteiger partial charge >= 0.3 is 0 Å². The lowest BCUT2D eigenvalue weighted by Crippen LogP contribution is -2.31. The first-order valence-corrected chi connectivity index (χ1v) is 6.47. The molecule has 0 aliphatic heterocycles. The number of hydrogen-bond donors (Lipinski definition) is 2. The Kier molecular flexibility index (Phi) is 5.70. The molecule has 0 atom stereocenters. The molecule has 0 aliphatic rings. The number of halogens is 1. The van der Waals surface area contributed by atoms with Gasteiger partial charge < -0.3 is 10.6 Å². The molecule has 0 fully saturated rings. The van der Waals surface area contributed by atoms with Crippen LogP contribution in [0.4, 0.5) is 0 Å². The Morgan fingerprint density at radius 2 is 2.14 bits per heavy atom. The highest BCUT2D eigenvalue weighted by Gasteiger charge is 1.96. The summed E-state index contributed by atoms with van der Waals surface area (Å²) in [4.78, 5) is 1.38. The van der Waals surface area contributed by atoms with Gasteiger partial charge in [0.1, 0.15) is 0 Å². The Morgan fingerprint density at radius 1 is 1.36 bits per heavy atom. The molecule has 0 aromatic carbocycles. The van der Waals surface area contributed by atoms with Crippen molar-refractivity contribution in [2.24, 2.45) is 0 Å². The van der Waals surface area contributed by atoms with E-state index >= 15 is 0 Å². The molecule has 14 heavy (non-hydrogen) atoms. The lowest BCUT2D eigenvalue weighted by atomic mass is 10.4. The van der Waals surface area contributed by atoms with E-state index in [0.29, 0.717) is 6.04 Å². The van der Waals surface area contributed by atoms with E-state index < -0.39 is 0 Å². The van der Waals surface area contributed by atoms with Crippen LogP contribution in [0.1, 0.15) is 18.7 Å². The highest BCUT2D eigenvalue weighted by atomic mass is 79.9. The van der Waals surface area contributed by atoms with Gasteiger partial charge in [0.2, 0.25) is 0 Å². The molecule has 1 heterocycles. The summed E-state index contributed by atoms with van der Waals surface area (Å²) in [5.41, 5.74) is 0. The summed E-state index contributed by atoms with van der Waals surface area (Å²) in [5, 5.41) is 6.77. The predicted molar refractivity (Wildman–Crippen MR) is 66.9 cm³/mol. The van der Waals surface area contributed by atoms with Crippen molar-refractivity contribution in [1.82, 2.24) is 10.6 Å². The molecule has 2 N–H and O–H groups in total. The summed E-state index contributed by atoms with van der Waals surface area (Å²) in [6.07, 6.45) is 0. The van der Waals surface area contributed by atoms with Gasteiger partial charge in [-0.1, -0.05) is 13.8 Å². The van der Waals surface area contributed by atoms with E-state index in [-0.39, 0.29) is 0 Å². The fourth-order valence-electron chi connectivity index (χ4n) is 1.11. The molecule has 0 bridgehead atoms. The van der Waals surface area contributed by atoms with Crippen LogP contribution in [0.2, 0.25) is 0 Å². The minimum Gasteiger partial charge on any atom is -0.313 e. The summed E-state index contributed by atoms with van der Waals surface area (Å²) >= 11 is 5.24. The highest BCUT2D eigenvalue weighted by molar-refractivity contribution is 9.11. The van der Waals surface area contributed by atoms with Crippen LogP contribution in [-0.4, -0.2) is 19.1 Å². The third-order valence-corrected chi connectivity index (χ3v) is 3.41. The Balaban J connectivity index is 2.04. The second kappa shape index (κ2) is 6.56. The number of rotatable bonds is 6. The summed E-state index contributed by atoms with van der Waals surface area (Å²) in [6.45, 7) is 7.35. The molecule has 1 aromatic heterocycles. The summed E-state index contributed by atoms with van der Waals surface area (Å²) in [6, 6.07) is 4.82. The average molecular weight is 277 g/mol. The molecular formula is C10H17BrN2S. The Bertz CT molecular complexity index is 260. The molecule has 2 nitrogen and oxygen atoms in total. The van der Waals surface area contributed by atoms with Crippen molar-refractivity contribution in [2.75, 3.05) is 13.1 Å². The Labute approximate surface area is 98.2 Å². The van der Waals surface area contributed by atoms with Crippen molar-refractivity contribution in [2.45, 2.75) is 26.4 Å². The number of thiophene rings is 1. The van der Waals surface area contributed by atoms with Crippen LogP contribution in [0, 0.1) is 0 Å². The smallest absolute Gasteiger partial charge is 0.0701 e. The topological polar surface area (TPSA) is 24.1 Å². The minimum absolute atomic E-state index is 0.577. The van der Waals surface area contributed by atoms with Gasteiger partial charge in [-0.25, -0.2) is 0 Å². The largest absolute Gasteiger partial charge is 0.313 e. The van der Waals surface area contributed by atoms with E-state index in [1.807, 2.05) is 0 Å². The Morgan fingerprint density at radius 3 is 2.71 bits per heavy atom. The van der Waals surface area contributed by atoms with Gasteiger partial charge in [-0.3, -0.25) is 0 Å². The monoisotopic (exact) mass is 276 g/mol. The van der Waals surface area contributed by atoms with E-state index in [1.54, 1.807) is 11.3 Å². The van der Waals surface area contributed by atoms with E-state index in [9.17, 15) is 0 Å². The minimum atomic E-state index is 0.577. The zero-order valence-corrected chi connectivity index (χ0v) is 11.0. The molecule has 1 aromatic rings. The second-order valence-corrected chi connectivity index (χ2v) is 6.04. The molecule has 0 unspecified atom stereocenters. The molecule has 0 saturated carbocycles. The van der Waals surface area contributed by atoms with Crippen molar-refractivity contribution in [1.29, 1.82) is 0 Å². The van der Waals surface area contributed by atoms with Crippen LogP contribution in [0.15, 0.2) is 15.9 Å². The maximum atomic E-state index is 3.45. The van der Waals surface area contributed by atoms with Crippen LogP contribution in [-0.2, 0) is 6.54 Å². The summed E-state index contributed by atoms with van der Waals surface area (Å²) in [5.74, 6) is 0. The van der Waals surface area contributed by atoms with E-state index in [0.717, 1.165) is 19.6 Å². The summed E-state index contributed by atoms with van der Waals surface area (Å²) in [7, 11) is 0. The van der Waals surface area contributed by atoms with Gasteiger partial charge in [0.15, 0.2) is 0 Å². The van der Waals surface area contributed by atoms with Gasteiger partial charge in [-0.05, 0) is 28.1 Å². The molecule has 80 valence electrons. The van der Waals surface area contributed by atoms with Gasteiger partial charge in [0, 0.05) is 30.6 Å². The van der Waals surface area contributed by atoms with Gasteiger partial charge in [0.25, 0.3) is 0 Å². The quantitative estimate of drug-likeness (QED) is 0.781. The van der Waals surface area contributed by atoms with E-state index in [4.69, 9.17) is 0 Å². The number of hydrogen-bond acceptors (Lipinski definition) is 3. The molecule has 4 heteroatoms. The molecular weight excluding hydrogens is 260 g/mol. The molecule has 0 saturated heterocycles. The van der Waals surface area contributed by atoms with Crippen LogP contribution in [0.25, 0.3) is 0 Å². The zero-order chi connectivity index (χ0) is 10.4. The fourth-order valence-corrected chi connectivity index (χ4v) is 2.56. The van der Waals surface area contributed by atoms with Crippen LogP contribution in [0.5, 0.6) is 0 Å². The van der Waals surface area contributed by atoms with Gasteiger partial charge in [-0.15, -0.1) is 11.3 Å². The normalized spacial score (nSPS) is 11.1. The molecule has 0 amide bonds. The van der Waals surface area contributed by atoms with Crippen molar-refractivity contribution in [3.05, 3.63) is 20.8 Å². The SMILES string of the molecule is CC(C)NCCNCc1ccc(Br)s1. The van der Waals surface area contributed by atoms with Crippen LogP contribution < -0.4 is 10.6 Å². The maximum absolute atomic E-state index is 3.45. The molecule has 0 spiro atoms. The summed E-state index contributed by atoms with van der Waals surface area (Å²) < 4.78 is 1.20. The van der Waals surface area contributed by atoms with Crippen molar-refractivity contribution < 1.29 is 0 Å². The van der Waals surface area contributed by atoms with Crippen molar-refractivity contribution in [3.8, 4) is 0 Å². The van der Waals surface area contributed by atoms with E-state index in [1.165, 1.54) is 8.66 Å². The van der Waals surface area contributed by atoms with Crippen LogP contribution in [0.3, 0.4) is 0 Å². The molecule has 0 aliphatic carbocycles. The van der Waals surface area contributed by atoms with Crippen LogP contribution >= 0.6 is 27.3 Å². The molecule has 1 rings (SSSR count). The third kappa shape index (κ3) is 5.10. The second-order valence-electron chi connectivity index (χ2n) is 3.49. The fraction of sp³-hybridized carbons (Fsp3) is 0.600. The molecule has 0 radical (unpaired) electrons. The zero-order valence-electron chi connectivity index (χ0n) is 8.64. The van der Waals surface area contributed by atoms with Crippen molar-refractivity contribution in [3.63, 3.8) is 0 Å². The highest BCUT2D eigenvalue weighted by Crippen LogP contribution is 2.21. The Hall–Kier alpha value is 0.1000. The third-order valence-electron chi connectivity index (χ3n) is 1.78. The van der Waals surface area contributed by atoms with Gasteiger partial charge in [0.05, 0.1) is 3.79 Å². The first-order chi connectivity index (χ1) is 6.68. The maximum Gasteiger partial charge on any atom is 0.0701 e. The predicted octanol–water partition coefficient (Wildman–Crippen LogP) is 2.60. The first-order valence-electron chi connectivity index (χ1n) is 4.87. The van der Waals surface area contributed by atoms with Gasteiger partial charge in [-0.2, -0.15) is 0 Å². The first kappa shape index (κ1) is 12.2. The lowest BCUT2D eigenvalue weighted by molar-refractivity contribution is 0.557. The average Bonchev–Trinajstić information content (AvgIpc) is 2.50. The lowest BCUT2D eigenvalue weighted by Gasteiger charge is -2.08. The number of nitrogens with one attached hydrogen (secondary N) is 2. The van der Waals surface area contributed by atoms with Crippen molar-refractivity contribution >= 4 is 27.3 Å². The van der Waals surface area contributed by atoms with E-state index in [2.05, 4.69) is 52.5 Å². The standard InChI is InChI=1S/C10H17BrN2S/c1-8(2)13-6-5-12-7-9-3-4-10(11)14-9/h3-4,8,12-13H,5-7H2,1-2H3.